The summed E-state index contributed by atoms with van der Waals surface area (Å²) in [6, 6.07) is 2.01. The highest BCUT2D eigenvalue weighted by Gasteiger charge is 2.16. The maximum atomic E-state index is 5.98. The average Bonchev–Trinajstić information content (AvgIpc) is 2.89. The molecule has 19 heavy (non-hydrogen) atoms. The van der Waals surface area contributed by atoms with E-state index in [1.807, 2.05) is 23.8 Å². The normalized spacial score (nSPS) is 16.5. The average molecular weight is 274 g/mol. The van der Waals surface area contributed by atoms with E-state index in [1.165, 1.54) is 37.7 Å². The standard InChI is InChI=1S/C15H18N2OS/c1-11-7-8-16-9-13(11)15-17-14(10-19-15)18-12-5-3-2-4-6-12/h7-10,12H,2-6H2,1H3. The summed E-state index contributed by atoms with van der Waals surface area (Å²) in [5.74, 6) is 0.773. The summed E-state index contributed by atoms with van der Waals surface area (Å²) in [6.45, 7) is 2.08. The third-order valence-corrected chi connectivity index (χ3v) is 4.45. The molecule has 0 N–H and O–H groups in total. The third kappa shape index (κ3) is 2.95. The van der Waals surface area contributed by atoms with Gasteiger partial charge >= 0.3 is 0 Å². The van der Waals surface area contributed by atoms with E-state index in [0.29, 0.717) is 6.10 Å². The molecule has 4 heteroatoms. The van der Waals surface area contributed by atoms with Gasteiger partial charge in [0.2, 0.25) is 5.88 Å². The summed E-state index contributed by atoms with van der Waals surface area (Å²) < 4.78 is 5.98. The van der Waals surface area contributed by atoms with Gasteiger partial charge in [0.05, 0.1) is 5.38 Å². The van der Waals surface area contributed by atoms with Crippen molar-refractivity contribution < 1.29 is 4.74 Å². The maximum absolute atomic E-state index is 5.98. The van der Waals surface area contributed by atoms with Crippen molar-refractivity contribution in [3.05, 3.63) is 29.4 Å². The second kappa shape index (κ2) is 5.70. The van der Waals surface area contributed by atoms with Gasteiger partial charge in [-0.15, -0.1) is 11.3 Å². The minimum absolute atomic E-state index is 0.360. The van der Waals surface area contributed by atoms with Crippen molar-refractivity contribution in [1.82, 2.24) is 9.97 Å². The quantitative estimate of drug-likeness (QED) is 0.840. The van der Waals surface area contributed by atoms with Crippen molar-refractivity contribution in [2.45, 2.75) is 45.1 Å². The van der Waals surface area contributed by atoms with Crippen LogP contribution < -0.4 is 4.74 Å². The van der Waals surface area contributed by atoms with Crippen LogP contribution >= 0.6 is 11.3 Å². The van der Waals surface area contributed by atoms with Crippen LogP contribution in [0.4, 0.5) is 0 Å². The fourth-order valence-electron chi connectivity index (χ4n) is 2.48. The molecule has 1 aliphatic rings. The zero-order valence-electron chi connectivity index (χ0n) is 11.1. The van der Waals surface area contributed by atoms with Gasteiger partial charge in [0.15, 0.2) is 0 Å². The molecule has 0 aliphatic heterocycles. The number of nitrogens with zero attached hydrogens (tertiary/aromatic N) is 2. The molecule has 0 bridgehead atoms. The molecule has 3 rings (SSSR count). The molecule has 100 valence electrons. The molecule has 3 nitrogen and oxygen atoms in total. The molecule has 0 unspecified atom stereocenters. The highest BCUT2D eigenvalue weighted by Crippen LogP contribution is 2.30. The lowest BCUT2D eigenvalue weighted by Gasteiger charge is -2.21. The fourth-order valence-corrected chi connectivity index (χ4v) is 3.28. The summed E-state index contributed by atoms with van der Waals surface area (Å²) >= 11 is 1.63. The van der Waals surface area contributed by atoms with Crippen LogP contribution in [0.2, 0.25) is 0 Å². The van der Waals surface area contributed by atoms with E-state index in [4.69, 9.17) is 4.74 Å². The van der Waals surface area contributed by atoms with Crippen molar-refractivity contribution in [3.8, 4) is 16.5 Å². The van der Waals surface area contributed by atoms with Gasteiger partial charge in [-0.1, -0.05) is 6.42 Å². The molecular weight excluding hydrogens is 256 g/mol. The second-order valence-corrected chi connectivity index (χ2v) is 5.92. The fraction of sp³-hybridized carbons (Fsp3) is 0.467. The van der Waals surface area contributed by atoms with Crippen molar-refractivity contribution in [2.24, 2.45) is 0 Å². The number of aryl methyl sites for hydroxylation is 1. The molecule has 2 aromatic heterocycles. The van der Waals surface area contributed by atoms with Crippen molar-refractivity contribution >= 4 is 11.3 Å². The summed E-state index contributed by atoms with van der Waals surface area (Å²) in [6.07, 6.45) is 10.3. The van der Waals surface area contributed by atoms with Gasteiger partial charge in [-0.3, -0.25) is 4.98 Å². The van der Waals surface area contributed by atoms with Gasteiger partial charge in [-0.25, -0.2) is 4.98 Å². The second-order valence-electron chi connectivity index (χ2n) is 5.06. The topological polar surface area (TPSA) is 35.0 Å². The number of aromatic nitrogens is 2. The first-order chi connectivity index (χ1) is 9.33. The molecule has 1 fully saturated rings. The molecule has 0 aromatic carbocycles. The van der Waals surface area contributed by atoms with Crippen LogP contribution in [0.1, 0.15) is 37.7 Å². The summed E-state index contributed by atoms with van der Waals surface area (Å²) in [5.41, 5.74) is 2.31. The predicted molar refractivity (Wildman–Crippen MR) is 77.6 cm³/mol. The lowest BCUT2D eigenvalue weighted by molar-refractivity contribution is 0.150. The molecule has 2 aromatic rings. The van der Waals surface area contributed by atoms with E-state index < -0.39 is 0 Å². The summed E-state index contributed by atoms with van der Waals surface area (Å²) in [5, 5.41) is 3.01. The van der Waals surface area contributed by atoms with Gasteiger partial charge in [0.25, 0.3) is 0 Å². The SMILES string of the molecule is Cc1ccncc1-c1nc(OC2CCCCC2)cs1. The number of hydrogen-bond donors (Lipinski definition) is 0. The van der Waals surface area contributed by atoms with Crippen LogP contribution in [0.3, 0.4) is 0 Å². The molecule has 1 aliphatic carbocycles. The van der Waals surface area contributed by atoms with E-state index in [9.17, 15) is 0 Å². The van der Waals surface area contributed by atoms with Gasteiger partial charge in [-0.2, -0.15) is 0 Å². The Morgan fingerprint density at radius 3 is 2.89 bits per heavy atom. The van der Waals surface area contributed by atoms with Crippen LogP contribution in [-0.4, -0.2) is 16.1 Å². The van der Waals surface area contributed by atoms with Crippen molar-refractivity contribution in [3.63, 3.8) is 0 Å². The molecule has 0 spiro atoms. The largest absolute Gasteiger partial charge is 0.474 e. The van der Waals surface area contributed by atoms with Crippen molar-refractivity contribution in [2.75, 3.05) is 0 Å². The Kier molecular flexibility index (Phi) is 3.78. The first kappa shape index (κ1) is 12.6. The Bertz CT molecular complexity index is 547. The number of ether oxygens (including phenoxy) is 1. The maximum Gasteiger partial charge on any atom is 0.225 e. The summed E-state index contributed by atoms with van der Waals surface area (Å²) in [4.78, 5) is 8.76. The molecular formula is C15H18N2OS. The van der Waals surface area contributed by atoms with E-state index in [1.54, 1.807) is 11.3 Å². The number of thiazole rings is 1. The Labute approximate surface area is 117 Å². The Morgan fingerprint density at radius 2 is 2.11 bits per heavy atom. The molecule has 1 saturated carbocycles. The van der Waals surface area contributed by atoms with Crippen LogP contribution in [0.15, 0.2) is 23.8 Å². The highest BCUT2D eigenvalue weighted by molar-refractivity contribution is 7.13. The van der Waals surface area contributed by atoms with E-state index in [2.05, 4.69) is 16.9 Å². The monoisotopic (exact) mass is 274 g/mol. The lowest BCUT2D eigenvalue weighted by Crippen LogP contribution is -2.19. The van der Waals surface area contributed by atoms with E-state index >= 15 is 0 Å². The Balaban J connectivity index is 1.74. The first-order valence-electron chi connectivity index (χ1n) is 6.86. The minimum atomic E-state index is 0.360. The van der Waals surface area contributed by atoms with Crippen LogP contribution in [-0.2, 0) is 0 Å². The van der Waals surface area contributed by atoms with Crippen LogP contribution in [0.5, 0.6) is 5.88 Å². The van der Waals surface area contributed by atoms with Gasteiger partial charge < -0.3 is 4.74 Å². The van der Waals surface area contributed by atoms with E-state index in [0.717, 1.165) is 16.5 Å². The molecule has 0 saturated heterocycles. The minimum Gasteiger partial charge on any atom is -0.474 e. The van der Waals surface area contributed by atoms with E-state index in [-0.39, 0.29) is 0 Å². The van der Waals surface area contributed by atoms with Gasteiger partial charge in [0.1, 0.15) is 11.1 Å². The smallest absolute Gasteiger partial charge is 0.225 e. The first-order valence-corrected chi connectivity index (χ1v) is 7.74. The molecule has 0 radical (unpaired) electrons. The van der Waals surface area contributed by atoms with Crippen molar-refractivity contribution in [1.29, 1.82) is 0 Å². The summed E-state index contributed by atoms with van der Waals surface area (Å²) in [7, 11) is 0. The van der Waals surface area contributed by atoms with Crippen LogP contribution in [0, 0.1) is 6.92 Å². The number of pyridine rings is 1. The number of rotatable bonds is 3. The molecule has 0 amide bonds. The zero-order valence-corrected chi connectivity index (χ0v) is 11.9. The van der Waals surface area contributed by atoms with Gasteiger partial charge in [-0.05, 0) is 44.2 Å². The predicted octanol–water partition coefficient (Wildman–Crippen LogP) is 4.23. The van der Waals surface area contributed by atoms with Gasteiger partial charge in [0, 0.05) is 18.0 Å². The zero-order chi connectivity index (χ0) is 13.1. The van der Waals surface area contributed by atoms with Crippen LogP contribution in [0.25, 0.3) is 10.6 Å². The highest BCUT2D eigenvalue weighted by atomic mass is 32.1. The lowest BCUT2D eigenvalue weighted by atomic mass is 9.98. The molecule has 2 heterocycles. The molecule has 0 atom stereocenters. The third-order valence-electron chi connectivity index (χ3n) is 3.59. The Morgan fingerprint density at radius 1 is 1.26 bits per heavy atom. The Hall–Kier alpha value is -1.42. The number of hydrogen-bond acceptors (Lipinski definition) is 4.